The highest BCUT2D eigenvalue weighted by Gasteiger charge is 2.60. The summed E-state index contributed by atoms with van der Waals surface area (Å²) in [4.78, 5) is 39.3. The summed E-state index contributed by atoms with van der Waals surface area (Å²) >= 11 is 0. The van der Waals surface area contributed by atoms with E-state index in [1.807, 2.05) is 19.1 Å². The van der Waals surface area contributed by atoms with Crippen molar-refractivity contribution >= 4 is 23.4 Å². The highest BCUT2D eigenvalue weighted by molar-refractivity contribution is 6.10. The molecule has 1 saturated carbocycles. The van der Waals surface area contributed by atoms with Crippen molar-refractivity contribution < 1.29 is 19.1 Å². The van der Waals surface area contributed by atoms with Crippen molar-refractivity contribution in [3.63, 3.8) is 0 Å². The van der Waals surface area contributed by atoms with E-state index in [0.29, 0.717) is 12.3 Å². The van der Waals surface area contributed by atoms with E-state index in [2.05, 4.69) is 5.32 Å². The van der Waals surface area contributed by atoms with Crippen LogP contribution in [0.25, 0.3) is 0 Å². The Balaban J connectivity index is 1.46. The maximum absolute atomic E-state index is 12.8. The number of carbonyl (C=O) groups excluding carboxylic acids is 3. The molecule has 0 radical (unpaired) electrons. The van der Waals surface area contributed by atoms with Gasteiger partial charge in [0.05, 0.1) is 18.4 Å². The minimum Gasteiger partial charge on any atom is -0.494 e. The third kappa shape index (κ3) is 2.52. The van der Waals surface area contributed by atoms with Gasteiger partial charge in [-0.3, -0.25) is 19.3 Å². The van der Waals surface area contributed by atoms with Gasteiger partial charge >= 0.3 is 0 Å². The molecular weight excluding hydrogens is 332 g/mol. The maximum atomic E-state index is 12.8. The number of rotatable bonds is 5. The highest BCUT2D eigenvalue weighted by Crippen LogP contribution is 2.52. The van der Waals surface area contributed by atoms with Crippen LogP contribution < -0.4 is 10.1 Å². The molecule has 2 fully saturated rings. The molecule has 0 spiro atoms. The molecule has 2 aliphatic carbocycles. The van der Waals surface area contributed by atoms with Crippen molar-refractivity contribution in [2.24, 2.45) is 23.7 Å². The second kappa shape index (κ2) is 6.27. The second-order valence-corrected chi connectivity index (χ2v) is 7.17. The van der Waals surface area contributed by atoms with Crippen LogP contribution in [0.1, 0.15) is 20.3 Å². The Kier molecular flexibility index (Phi) is 4.05. The first-order chi connectivity index (χ1) is 12.5. The molecule has 1 aromatic rings. The van der Waals surface area contributed by atoms with E-state index in [1.165, 1.54) is 4.90 Å². The average Bonchev–Trinajstić information content (AvgIpc) is 3.30. The van der Waals surface area contributed by atoms with E-state index >= 15 is 0 Å². The monoisotopic (exact) mass is 354 g/mol. The summed E-state index contributed by atoms with van der Waals surface area (Å²) in [5, 5.41) is 2.78. The Morgan fingerprint density at radius 3 is 2.27 bits per heavy atom. The molecule has 4 rings (SSSR count). The fraction of sp³-hybridized carbons (Fsp3) is 0.450. The van der Waals surface area contributed by atoms with Crippen molar-refractivity contribution in [1.82, 2.24) is 4.90 Å². The summed E-state index contributed by atoms with van der Waals surface area (Å²) in [6.07, 6.45) is 4.98. The zero-order chi connectivity index (χ0) is 18.4. The molecule has 1 aromatic carbocycles. The van der Waals surface area contributed by atoms with Gasteiger partial charge in [-0.2, -0.15) is 0 Å². The topological polar surface area (TPSA) is 75.7 Å². The first kappa shape index (κ1) is 16.8. The Bertz CT molecular complexity index is 756. The van der Waals surface area contributed by atoms with Crippen molar-refractivity contribution in [3.8, 4) is 5.75 Å². The number of anilines is 1. The van der Waals surface area contributed by atoms with Gasteiger partial charge < -0.3 is 10.1 Å². The van der Waals surface area contributed by atoms with Crippen molar-refractivity contribution in [2.45, 2.75) is 26.3 Å². The molecule has 0 aromatic heterocycles. The number of hydrogen-bond donors (Lipinski definition) is 1. The predicted octanol–water partition coefficient (Wildman–Crippen LogP) is 2.22. The van der Waals surface area contributed by atoms with Crippen molar-refractivity contribution in [3.05, 3.63) is 36.4 Å². The van der Waals surface area contributed by atoms with Gasteiger partial charge in [0.2, 0.25) is 17.7 Å². The number of nitrogens with one attached hydrogen (secondary N) is 1. The summed E-state index contributed by atoms with van der Waals surface area (Å²) in [7, 11) is 0. The zero-order valence-electron chi connectivity index (χ0n) is 14.8. The smallest absolute Gasteiger partial charge is 0.247 e. The fourth-order valence-electron chi connectivity index (χ4n) is 4.47. The average molecular weight is 354 g/mol. The molecule has 1 aliphatic heterocycles. The molecule has 2 bridgehead atoms. The van der Waals surface area contributed by atoms with Gasteiger partial charge in [-0.25, -0.2) is 0 Å². The van der Waals surface area contributed by atoms with Gasteiger partial charge in [0.1, 0.15) is 11.8 Å². The van der Waals surface area contributed by atoms with Gasteiger partial charge in [-0.1, -0.05) is 12.2 Å². The van der Waals surface area contributed by atoms with Crippen LogP contribution >= 0.6 is 0 Å². The standard InChI is InChI=1S/C20H22N2O4/c1-3-26-15-8-6-14(7-9-15)21-18(23)11(2)22-19(24)16-12-4-5-13(10-12)17(16)20(22)25/h4-9,11-13,16-17H,3,10H2,1-2H3,(H,21,23). The zero-order valence-corrected chi connectivity index (χ0v) is 14.8. The van der Waals surface area contributed by atoms with E-state index in [1.54, 1.807) is 31.2 Å². The lowest BCUT2D eigenvalue weighted by atomic mass is 9.85. The largest absolute Gasteiger partial charge is 0.494 e. The fourth-order valence-corrected chi connectivity index (χ4v) is 4.47. The third-order valence-corrected chi connectivity index (χ3v) is 5.70. The Labute approximate surface area is 152 Å². The number of hydrogen-bond acceptors (Lipinski definition) is 4. The summed E-state index contributed by atoms with van der Waals surface area (Å²) in [5.74, 6) is -0.315. The van der Waals surface area contributed by atoms with Gasteiger partial charge in [0, 0.05) is 5.69 Å². The number of ether oxygens (including phenoxy) is 1. The first-order valence-electron chi connectivity index (χ1n) is 9.10. The lowest BCUT2D eigenvalue weighted by Crippen LogP contribution is -2.46. The summed E-state index contributed by atoms with van der Waals surface area (Å²) < 4.78 is 5.37. The molecular formula is C20H22N2O4. The molecule has 3 amide bonds. The van der Waals surface area contributed by atoms with Crippen LogP contribution in [-0.2, 0) is 14.4 Å². The quantitative estimate of drug-likeness (QED) is 0.650. The number of fused-ring (bicyclic) bond motifs is 5. The number of amides is 3. The third-order valence-electron chi connectivity index (χ3n) is 5.70. The Hall–Kier alpha value is -2.63. The van der Waals surface area contributed by atoms with E-state index in [-0.39, 0.29) is 41.4 Å². The Morgan fingerprint density at radius 2 is 1.73 bits per heavy atom. The molecule has 5 atom stereocenters. The van der Waals surface area contributed by atoms with Crippen LogP contribution in [-0.4, -0.2) is 35.3 Å². The van der Waals surface area contributed by atoms with Gasteiger partial charge in [-0.15, -0.1) is 0 Å². The van der Waals surface area contributed by atoms with Gasteiger partial charge in [-0.05, 0) is 56.4 Å². The van der Waals surface area contributed by atoms with Crippen LogP contribution in [0.4, 0.5) is 5.69 Å². The van der Waals surface area contributed by atoms with Crippen molar-refractivity contribution in [2.75, 3.05) is 11.9 Å². The molecule has 6 heteroatoms. The highest BCUT2D eigenvalue weighted by atomic mass is 16.5. The second-order valence-electron chi connectivity index (χ2n) is 7.17. The van der Waals surface area contributed by atoms with Crippen LogP contribution in [0, 0.1) is 23.7 Å². The van der Waals surface area contributed by atoms with Crippen LogP contribution in [0.3, 0.4) is 0 Å². The van der Waals surface area contributed by atoms with Gasteiger partial charge in [0.15, 0.2) is 0 Å². The number of nitrogens with zero attached hydrogens (tertiary/aromatic N) is 1. The van der Waals surface area contributed by atoms with E-state index in [4.69, 9.17) is 4.74 Å². The van der Waals surface area contributed by atoms with Gasteiger partial charge in [0.25, 0.3) is 0 Å². The maximum Gasteiger partial charge on any atom is 0.247 e. The number of carbonyl (C=O) groups is 3. The normalized spacial score (nSPS) is 29.8. The predicted molar refractivity (Wildman–Crippen MR) is 95.3 cm³/mol. The molecule has 5 unspecified atom stereocenters. The summed E-state index contributed by atoms with van der Waals surface area (Å²) in [6, 6.07) is 6.18. The summed E-state index contributed by atoms with van der Waals surface area (Å²) in [5.41, 5.74) is 0.603. The molecule has 1 saturated heterocycles. The lowest BCUT2D eigenvalue weighted by molar-refractivity contribution is -0.146. The Morgan fingerprint density at radius 1 is 1.15 bits per heavy atom. The SMILES string of the molecule is CCOc1ccc(NC(=O)C(C)N2C(=O)C3C4C=CC(C4)C3C2=O)cc1. The van der Waals surface area contributed by atoms with Crippen molar-refractivity contribution in [1.29, 1.82) is 0 Å². The number of likely N-dealkylation sites (tertiary alicyclic amines) is 1. The van der Waals surface area contributed by atoms with E-state index in [0.717, 1.165) is 12.2 Å². The van der Waals surface area contributed by atoms with E-state index < -0.39 is 6.04 Å². The van der Waals surface area contributed by atoms with E-state index in [9.17, 15) is 14.4 Å². The number of allylic oxidation sites excluding steroid dienone is 2. The van der Waals surface area contributed by atoms with Crippen LogP contribution in [0.2, 0.25) is 0 Å². The molecule has 26 heavy (non-hydrogen) atoms. The molecule has 3 aliphatic rings. The molecule has 1 N–H and O–H groups in total. The minimum absolute atomic E-state index is 0.146. The summed E-state index contributed by atoms with van der Waals surface area (Å²) in [6.45, 7) is 4.08. The van der Waals surface area contributed by atoms with Crippen LogP contribution in [0.15, 0.2) is 36.4 Å². The molecule has 6 nitrogen and oxygen atoms in total. The van der Waals surface area contributed by atoms with Crippen LogP contribution in [0.5, 0.6) is 5.75 Å². The lowest BCUT2D eigenvalue weighted by Gasteiger charge is -2.23. The number of imide groups is 1. The first-order valence-corrected chi connectivity index (χ1v) is 9.10. The molecule has 136 valence electrons. The number of benzene rings is 1. The minimum atomic E-state index is -0.827. The molecule has 1 heterocycles.